The first-order valence-corrected chi connectivity index (χ1v) is 8.36. The molecule has 0 saturated heterocycles. The summed E-state index contributed by atoms with van der Waals surface area (Å²) in [6.45, 7) is 2.63. The maximum Gasteiger partial charge on any atom is 0.272 e. The van der Waals surface area contributed by atoms with Gasteiger partial charge in [-0.2, -0.15) is 5.10 Å². The van der Waals surface area contributed by atoms with Crippen LogP contribution in [0.2, 0.25) is 0 Å². The van der Waals surface area contributed by atoms with Crippen molar-refractivity contribution < 1.29 is 9.53 Å². The second-order valence-corrected chi connectivity index (χ2v) is 6.63. The van der Waals surface area contributed by atoms with E-state index in [1.807, 2.05) is 22.8 Å². The minimum atomic E-state index is -0.0727. The van der Waals surface area contributed by atoms with Gasteiger partial charge >= 0.3 is 0 Å². The lowest BCUT2D eigenvalue weighted by molar-refractivity contribution is 0.0618. The second kappa shape index (κ2) is 6.32. The van der Waals surface area contributed by atoms with E-state index in [0.29, 0.717) is 25.4 Å². The first-order chi connectivity index (χ1) is 11.7. The molecule has 1 fully saturated rings. The van der Waals surface area contributed by atoms with Crippen molar-refractivity contribution in [1.29, 1.82) is 0 Å². The number of hydrogen-bond donors (Lipinski definition) is 0. The van der Waals surface area contributed by atoms with Crippen LogP contribution in [0.25, 0.3) is 0 Å². The summed E-state index contributed by atoms with van der Waals surface area (Å²) >= 11 is 0. The Morgan fingerprint density at radius 1 is 1.38 bits per heavy atom. The van der Waals surface area contributed by atoms with Crippen LogP contribution in [0, 0.1) is 5.92 Å². The second-order valence-electron chi connectivity index (χ2n) is 6.63. The van der Waals surface area contributed by atoms with Gasteiger partial charge in [-0.15, -0.1) is 0 Å². The van der Waals surface area contributed by atoms with Gasteiger partial charge in [0, 0.05) is 37.9 Å². The Labute approximate surface area is 140 Å². The van der Waals surface area contributed by atoms with E-state index < -0.39 is 0 Å². The van der Waals surface area contributed by atoms with E-state index in [1.54, 1.807) is 12.3 Å². The van der Waals surface area contributed by atoms with Gasteiger partial charge in [-0.25, -0.2) is 9.97 Å². The summed E-state index contributed by atoms with van der Waals surface area (Å²) in [7, 11) is 1.92. The highest BCUT2D eigenvalue weighted by atomic mass is 16.5. The van der Waals surface area contributed by atoms with Gasteiger partial charge in [0.05, 0.1) is 25.0 Å². The number of nitrogens with zero attached hydrogens (tertiary/aromatic N) is 5. The fourth-order valence-electron chi connectivity index (χ4n) is 3.16. The highest BCUT2D eigenvalue weighted by molar-refractivity contribution is 5.92. The van der Waals surface area contributed by atoms with E-state index in [-0.39, 0.29) is 11.8 Å². The number of carbonyl (C=O) groups is 1. The summed E-state index contributed by atoms with van der Waals surface area (Å²) in [6.07, 6.45) is 7.47. The number of aromatic nitrogens is 4. The summed E-state index contributed by atoms with van der Waals surface area (Å²) in [4.78, 5) is 22.5. The molecule has 1 aliphatic carbocycles. The molecule has 3 heterocycles. The van der Waals surface area contributed by atoms with Crippen molar-refractivity contribution in [3.05, 3.63) is 41.7 Å². The van der Waals surface area contributed by atoms with E-state index in [0.717, 1.165) is 18.2 Å². The van der Waals surface area contributed by atoms with E-state index in [9.17, 15) is 4.79 Å². The Morgan fingerprint density at radius 3 is 3.00 bits per heavy atom. The Bertz CT molecular complexity index is 726. The van der Waals surface area contributed by atoms with Gasteiger partial charge in [0.15, 0.2) is 0 Å². The predicted octanol–water partition coefficient (Wildman–Crippen LogP) is 1.38. The van der Waals surface area contributed by atoms with Crippen LogP contribution in [0.4, 0.5) is 0 Å². The fourth-order valence-corrected chi connectivity index (χ4v) is 3.16. The first kappa shape index (κ1) is 15.3. The number of fused-ring (bicyclic) bond motifs is 1. The lowest BCUT2D eigenvalue weighted by atomic mass is 9.95. The van der Waals surface area contributed by atoms with Crippen molar-refractivity contribution in [2.45, 2.75) is 25.3 Å². The average Bonchev–Trinajstić information content (AvgIpc) is 3.37. The number of hydrogen-bond acceptors (Lipinski definition) is 5. The lowest BCUT2D eigenvalue weighted by Crippen LogP contribution is -2.40. The van der Waals surface area contributed by atoms with Crippen molar-refractivity contribution >= 4 is 5.91 Å². The average molecular weight is 327 g/mol. The third-order valence-electron chi connectivity index (χ3n) is 4.77. The molecule has 1 atom stereocenters. The van der Waals surface area contributed by atoms with Crippen LogP contribution in [0.1, 0.15) is 40.5 Å². The maximum atomic E-state index is 12.7. The molecular formula is C17H21N5O2. The molecule has 2 aromatic heterocycles. The van der Waals surface area contributed by atoms with Crippen molar-refractivity contribution in [2.24, 2.45) is 13.0 Å². The number of rotatable bonds is 5. The van der Waals surface area contributed by atoms with Crippen molar-refractivity contribution in [3.8, 4) is 0 Å². The highest BCUT2D eigenvalue weighted by Crippen LogP contribution is 2.31. The molecule has 0 radical (unpaired) electrons. The fraction of sp³-hybridized carbons (Fsp3) is 0.529. The molecule has 1 amide bonds. The molecule has 24 heavy (non-hydrogen) atoms. The number of amides is 1. The molecule has 7 nitrogen and oxygen atoms in total. The van der Waals surface area contributed by atoms with Gasteiger partial charge in [-0.05, 0) is 24.8 Å². The molecular weight excluding hydrogens is 306 g/mol. The van der Waals surface area contributed by atoms with Crippen LogP contribution in [0.3, 0.4) is 0 Å². The normalized spacial score (nSPS) is 20.0. The van der Waals surface area contributed by atoms with Crippen molar-refractivity contribution in [3.63, 3.8) is 0 Å². The molecule has 2 aromatic rings. The van der Waals surface area contributed by atoms with E-state index >= 15 is 0 Å². The van der Waals surface area contributed by atoms with Crippen LogP contribution < -0.4 is 0 Å². The zero-order valence-corrected chi connectivity index (χ0v) is 13.8. The summed E-state index contributed by atoms with van der Waals surface area (Å²) in [6, 6.07) is 1.65. The molecule has 126 valence electrons. The summed E-state index contributed by atoms with van der Waals surface area (Å²) in [5.41, 5.74) is 2.69. The molecule has 0 aromatic carbocycles. The Hall–Kier alpha value is -2.28. The Kier molecular flexibility index (Phi) is 4.02. The van der Waals surface area contributed by atoms with Gasteiger partial charge < -0.3 is 9.64 Å². The molecule has 1 aliphatic heterocycles. The lowest BCUT2D eigenvalue weighted by Gasteiger charge is -2.32. The SMILES string of the molecule is Cn1ncc2c1CN(C(=O)c1ccncn1)CC2COCC1CC1. The minimum Gasteiger partial charge on any atom is -0.380 e. The third-order valence-corrected chi connectivity index (χ3v) is 4.77. The first-order valence-electron chi connectivity index (χ1n) is 8.36. The predicted molar refractivity (Wildman–Crippen MR) is 86.3 cm³/mol. The van der Waals surface area contributed by atoms with Crippen LogP contribution in [-0.4, -0.2) is 50.3 Å². The van der Waals surface area contributed by atoms with Crippen molar-refractivity contribution in [2.75, 3.05) is 19.8 Å². The molecule has 1 saturated carbocycles. The minimum absolute atomic E-state index is 0.0727. The molecule has 1 unspecified atom stereocenters. The largest absolute Gasteiger partial charge is 0.380 e. The van der Waals surface area contributed by atoms with E-state index in [2.05, 4.69) is 15.1 Å². The quantitative estimate of drug-likeness (QED) is 0.829. The molecule has 4 rings (SSSR count). The molecule has 0 bridgehead atoms. The van der Waals surface area contributed by atoms with E-state index in [1.165, 1.54) is 24.7 Å². The van der Waals surface area contributed by atoms with Crippen molar-refractivity contribution in [1.82, 2.24) is 24.6 Å². The monoisotopic (exact) mass is 327 g/mol. The van der Waals surface area contributed by atoms with Crippen LogP contribution >= 0.6 is 0 Å². The third kappa shape index (κ3) is 3.03. The van der Waals surface area contributed by atoms with Gasteiger partial charge in [0.2, 0.25) is 0 Å². The highest BCUT2D eigenvalue weighted by Gasteiger charge is 2.32. The zero-order chi connectivity index (χ0) is 16.5. The standard InChI is InChI=1S/C17H21N5O2/c1-21-16-8-22(17(23)15-4-5-18-11-19-15)7-13(14(16)6-20-21)10-24-9-12-2-3-12/h4-6,11-13H,2-3,7-10H2,1H3. The molecule has 7 heteroatoms. The zero-order valence-electron chi connectivity index (χ0n) is 13.8. The number of ether oxygens (including phenoxy) is 1. The summed E-state index contributed by atoms with van der Waals surface area (Å²) < 4.78 is 7.75. The van der Waals surface area contributed by atoms with Crippen LogP contribution in [-0.2, 0) is 18.3 Å². The Balaban J connectivity index is 1.52. The molecule has 2 aliphatic rings. The maximum absolute atomic E-state index is 12.7. The van der Waals surface area contributed by atoms with E-state index in [4.69, 9.17) is 4.74 Å². The summed E-state index contributed by atoms with van der Waals surface area (Å²) in [5.74, 6) is 0.823. The van der Waals surface area contributed by atoms with Gasteiger partial charge in [-0.3, -0.25) is 9.48 Å². The van der Waals surface area contributed by atoms with Gasteiger partial charge in [0.25, 0.3) is 5.91 Å². The Morgan fingerprint density at radius 2 is 2.25 bits per heavy atom. The van der Waals surface area contributed by atoms with Crippen LogP contribution in [0.5, 0.6) is 0 Å². The number of aryl methyl sites for hydroxylation is 1. The van der Waals surface area contributed by atoms with Gasteiger partial charge in [-0.1, -0.05) is 0 Å². The molecule has 0 spiro atoms. The number of carbonyl (C=O) groups excluding carboxylic acids is 1. The topological polar surface area (TPSA) is 73.1 Å². The molecule has 0 N–H and O–H groups in total. The van der Waals surface area contributed by atoms with Gasteiger partial charge in [0.1, 0.15) is 12.0 Å². The van der Waals surface area contributed by atoms with Crippen LogP contribution in [0.15, 0.2) is 24.8 Å². The smallest absolute Gasteiger partial charge is 0.272 e. The summed E-state index contributed by atoms with van der Waals surface area (Å²) in [5, 5.41) is 4.37.